The van der Waals surface area contributed by atoms with Crippen molar-refractivity contribution in [2.45, 2.75) is 31.2 Å². The maximum atomic E-state index is 9.77. The van der Waals surface area contributed by atoms with Crippen LogP contribution in [0.1, 0.15) is 12.8 Å². The van der Waals surface area contributed by atoms with E-state index in [-0.39, 0.29) is 6.10 Å². The third kappa shape index (κ3) is 5.33. The Kier molecular flexibility index (Phi) is 7.06. The van der Waals surface area contributed by atoms with Crippen molar-refractivity contribution in [1.29, 1.82) is 0 Å². The number of aromatic amines is 1. The first-order chi connectivity index (χ1) is 16.3. The van der Waals surface area contributed by atoms with Gasteiger partial charge in [-0.25, -0.2) is 9.59 Å². The Morgan fingerprint density at radius 1 is 1.00 bits per heavy atom. The summed E-state index contributed by atoms with van der Waals surface area (Å²) < 4.78 is 6.12. The maximum Gasteiger partial charge on any atom is 0.335 e. The van der Waals surface area contributed by atoms with Gasteiger partial charge < -0.3 is 30.1 Å². The molecule has 0 spiro atoms. The van der Waals surface area contributed by atoms with Gasteiger partial charge in [-0.3, -0.25) is 4.90 Å². The molecule has 0 radical (unpaired) electrons. The molecule has 0 amide bonds. The number of aliphatic hydroxyl groups excluding tert-OH is 2. The van der Waals surface area contributed by atoms with E-state index >= 15 is 0 Å². The zero-order valence-corrected chi connectivity index (χ0v) is 18.2. The van der Waals surface area contributed by atoms with Gasteiger partial charge in [-0.05, 0) is 56.1 Å². The van der Waals surface area contributed by atoms with Crippen LogP contribution in [0.4, 0.5) is 0 Å². The molecule has 2 bridgehead atoms. The highest BCUT2D eigenvalue weighted by molar-refractivity contribution is 5.84. The van der Waals surface area contributed by atoms with E-state index in [0.717, 1.165) is 23.3 Å². The van der Waals surface area contributed by atoms with Crippen LogP contribution in [0.2, 0.25) is 0 Å². The van der Waals surface area contributed by atoms with E-state index < -0.39 is 24.1 Å². The predicted octanol–water partition coefficient (Wildman–Crippen LogP) is 0.975. The lowest BCUT2D eigenvalue weighted by Crippen LogP contribution is -2.52. The predicted molar refractivity (Wildman–Crippen MR) is 120 cm³/mol. The van der Waals surface area contributed by atoms with Gasteiger partial charge in [-0.1, -0.05) is 6.07 Å². The largest absolute Gasteiger partial charge is 0.479 e. The highest BCUT2D eigenvalue weighted by Crippen LogP contribution is 2.30. The molecule has 11 nitrogen and oxygen atoms in total. The smallest absolute Gasteiger partial charge is 0.335 e. The van der Waals surface area contributed by atoms with Crippen LogP contribution in [0, 0.1) is 5.92 Å². The lowest BCUT2D eigenvalue weighted by molar-refractivity contribution is -0.165. The SMILES string of the molecule is O=C(O)[C@H](O)[C@@H](O)C(=O)O.c1cc2cc(-c3ccc(OC4CN5CCC4CC5)nn3)ccc2[nH]1. The van der Waals surface area contributed by atoms with Crippen LogP contribution < -0.4 is 4.74 Å². The molecule has 0 saturated carbocycles. The highest BCUT2D eigenvalue weighted by atomic mass is 16.5. The number of nitrogens with zero attached hydrogens (tertiary/aromatic N) is 3. The molecule has 1 unspecified atom stereocenters. The van der Waals surface area contributed by atoms with E-state index in [0.29, 0.717) is 11.8 Å². The second kappa shape index (κ2) is 10.2. The number of piperidine rings is 3. The van der Waals surface area contributed by atoms with E-state index in [4.69, 9.17) is 25.2 Å². The van der Waals surface area contributed by atoms with Crippen molar-refractivity contribution >= 4 is 22.8 Å². The number of rotatable bonds is 6. The molecule has 3 atom stereocenters. The molecule has 180 valence electrons. The van der Waals surface area contributed by atoms with Gasteiger partial charge in [-0.2, -0.15) is 0 Å². The summed E-state index contributed by atoms with van der Waals surface area (Å²) in [4.78, 5) is 25.2. The van der Waals surface area contributed by atoms with E-state index in [1.54, 1.807) is 0 Å². The molecule has 0 aliphatic carbocycles. The van der Waals surface area contributed by atoms with Crippen molar-refractivity contribution in [1.82, 2.24) is 20.1 Å². The van der Waals surface area contributed by atoms with E-state index in [1.165, 1.54) is 31.3 Å². The number of fused-ring (bicyclic) bond motifs is 4. The maximum absolute atomic E-state index is 9.77. The summed E-state index contributed by atoms with van der Waals surface area (Å²) in [6.07, 6.45) is 0.170. The second-order valence-electron chi connectivity index (χ2n) is 8.40. The third-order valence-corrected chi connectivity index (χ3v) is 6.16. The van der Waals surface area contributed by atoms with Crippen LogP contribution in [0.3, 0.4) is 0 Å². The number of hydrogen-bond donors (Lipinski definition) is 5. The summed E-state index contributed by atoms with van der Waals surface area (Å²) in [5.74, 6) is -2.22. The zero-order chi connectivity index (χ0) is 24.2. The molecule has 5 heterocycles. The number of aromatic nitrogens is 3. The molecule has 3 aliphatic heterocycles. The molecule has 34 heavy (non-hydrogen) atoms. The van der Waals surface area contributed by atoms with Crippen LogP contribution in [-0.4, -0.2) is 90.4 Å². The van der Waals surface area contributed by atoms with Crippen molar-refractivity contribution in [3.05, 3.63) is 42.6 Å². The average Bonchev–Trinajstić information content (AvgIpc) is 3.32. The minimum absolute atomic E-state index is 0.267. The Hall–Kier alpha value is -3.54. The second-order valence-corrected chi connectivity index (χ2v) is 8.40. The number of aliphatic carboxylic acids is 2. The van der Waals surface area contributed by atoms with Gasteiger partial charge in [-0.15, -0.1) is 10.2 Å². The number of benzene rings is 1. The number of aliphatic hydroxyl groups is 2. The molecule has 2 aromatic heterocycles. The first-order valence-corrected chi connectivity index (χ1v) is 10.9. The Labute approximate surface area is 194 Å². The molecule has 6 rings (SSSR count). The summed E-state index contributed by atoms with van der Waals surface area (Å²) in [6.45, 7) is 3.46. The monoisotopic (exact) mass is 470 g/mol. The molecule has 1 aromatic carbocycles. The topological polar surface area (TPSA) is 169 Å². The molecular formula is C23H26N4O7. The lowest BCUT2D eigenvalue weighted by Gasteiger charge is -2.44. The van der Waals surface area contributed by atoms with Gasteiger partial charge >= 0.3 is 11.9 Å². The molecule has 11 heteroatoms. The van der Waals surface area contributed by atoms with Crippen LogP contribution >= 0.6 is 0 Å². The number of carboxylic acids is 2. The molecule has 3 aromatic rings. The van der Waals surface area contributed by atoms with Crippen molar-refractivity contribution < 1.29 is 34.8 Å². The standard InChI is InChI=1S/C19H20N4O.C4H6O6/c1-2-16-15(5-8-20-16)11-14(1)17-3-4-19(22-21-17)24-18-12-23-9-6-13(18)7-10-23;5-1(3(7)8)2(6)4(9)10/h1-5,8,11,13,18,20H,6-7,9-10,12H2;1-2,5-6H,(H,7,8)(H,9,10)/t;1-,2-/m.1/s1. The Morgan fingerprint density at radius 3 is 2.26 bits per heavy atom. The van der Waals surface area contributed by atoms with Gasteiger partial charge in [0.25, 0.3) is 0 Å². The molecule has 5 N–H and O–H groups in total. The first kappa shape index (κ1) is 23.6. The van der Waals surface area contributed by atoms with Gasteiger partial charge in [0.05, 0.1) is 5.69 Å². The fourth-order valence-corrected chi connectivity index (χ4v) is 4.22. The highest BCUT2D eigenvalue weighted by Gasteiger charge is 2.35. The fourth-order valence-electron chi connectivity index (χ4n) is 4.22. The lowest BCUT2D eigenvalue weighted by atomic mass is 9.86. The Bertz CT molecular complexity index is 1120. The summed E-state index contributed by atoms with van der Waals surface area (Å²) in [6, 6.07) is 12.3. The van der Waals surface area contributed by atoms with Gasteiger partial charge in [0.15, 0.2) is 12.2 Å². The summed E-state index contributed by atoms with van der Waals surface area (Å²) in [7, 11) is 0. The number of ether oxygens (including phenoxy) is 1. The molecule has 3 fully saturated rings. The van der Waals surface area contributed by atoms with Crippen LogP contribution in [0.5, 0.6) is 5.88 Å². The fraction of sp³-hybridized carbons (Fsp3) is 0.391. The van der Waals surface area contributed by atoms with Crippen molar-refractivity contribution in [3.63, 3.8) is 0 Å². The number of carboxylic acid groups (broad SMARTS) is 2. The Morgan fingerprint density at radius 2 is 1.71 bits per heavy atom. The van der Waals surface area contributed by atoms with Crippen molar-refractivity contribution in [2.75, 3.05) is 19.6 Å². The van der Waals surface area contributed by atoms with E-state index in [1.807, 2.05) is 18.3 Å². The molecule has 3 aliphatic rings. The molecule has 3 saturated heterocycles. The van der Waals surface area contributed by atoms with Crippen molar-refractivity contribution in [3.8, 4) is 17.1 Å². The zero-order valence-electron chi connectivity index (χ0n) is 18.2. The van der Waals surface area contributed by atoms with Gasteiger partial charge in [0.2, 0.25) is 5.88 Å². The van der Waals surface area contributed by atoms with Crippen LogP contribution in [0.15, 0.2) is 42.6 Å². The van der Waals surface area contributed by atoms with Crippen LogP contribution in [0.25, 0.3) is 22.2 Å². The summed E-state index contributed by atoms with van der Waals surface area (Å²) in [5.41, 5.74) is 3.08. The number of hydrogen-bond acceptors (Lipinski definition) is 8. The van der Waals surface area contributed by atoms with E-state index in [9.17, 15) is 9.59 Å². The van der Waals surface area contributed by atoms with E-state index in [2.05, 4.69) is 44.3 Å². The normalized spacial score (nSPS) is 22.9. The molecular weight excluding hydrogens is 444 g/mol. The van der Waals surface area contributed by atoms with Gasteiger partial charge in [0, 0.05) is 35.3 Å². The first-order valence-electron chi connectivity index (χ1n) is 10.9. The third-order valence-electron chi connectivity index (χ3n) is 6.16. The van der Waals surface area contributed by atoms with Crippen LogP contribution in [-0.2, 0) is 9.59 Å². The summed E-state index contributed by atoms with van der Waals surface area (Å²) >= 11 is 0. The van der Waals surface area contributed by atoms with Crippen molar-refractivity contribution in [2.24, 2.45) is 5.92 Å². The van der Waals surface area contributed by atoms with Gasteiger partial charge in [0.1, 0.15) is 6.10 Å². The number of H-pyrrole nitrogens is 1. The minimum atomic E-state index is -2.27. The minimum Gasteiger partial charge on any atom is -0.479 e. The number of carbonyl (C=O) groups is 2. The summed E-state index contributed by atoms with van der Waals surface area (Å²) in [5, 5.41) is 42.4. The quantitative estimate of drug-likeness (QED) is 0.350. The Balaban J connectivity index is 0.000000235. The number of nitrogens with one attached hydrogen (secondary N) is 1. The average molecular weight is 470 g/mol.